The minimum atomic E-state index is -4.47. The normalized spacial score (nSPS) is 11.4. The van der Waals surface area contributed by atoms with Crippen LogP contribution < -0.4 is 15.5 Å². The van der Waals surface area contributed by atoms with Gasteiger partial charge in [-0.25, -0.2) is 4.98 Å². The van der Waals surface area contributed by atoms with Crippen LogP contribution in [0.4, 0.5) is 24.8 Å². The molecular formula is C13H19F3N4O. The smallest absolute Gasteiger partial charge is 0.373 e. The number of carbonyl (C=O) groups excluding carboxylic acids is 1. The highest BCUT2D eigenvalue weighted by Crippen LogP contribution is 2.32. The van der Waals surface area contributed by atoms with Crippen molar-refractivity contribution in [2.45, 2.75) is 26.1 Å². The van der Waals surface area contributed by atoms with Gasteiger partial charge in [-0.3, -0.25) is 4.79 Å². The third-order valence-electron chi connectivity index (χ3n) is 2.62. The third-order valence-corrected chi connectivity index (χ3v) is 2.62. The molecule has 8 heteroatoms. The molecule has 0 aliphatic rings. The standard InChI is InChI=1S/C13H19F3N4O/c1-8(2)18-12(21)7-20(4)11-6-9(13(14,15)16)5-10(17-3)19-11/h5-6,8H,7H2,1-4H3,(H,17,19)(H,18,21). The second-order valence-electron chi connectivity index (χ2n) is 4.93. The fourth-order valence-corrected chi connectivity index (χ4v) is 1.67. The van der Waals surface area contributed by atoms with E-state index in [9.17, 15) is 18.0 Å². The molecule has 0 aromatic carbocycles. The number of nitrogens with one attached hydrogen (secondary N) is 2. The quantitative estimate of drug-likeness (QED) is 0.875. The minimum Gasteiger partial charge on any atom is -0.373 e. The van der Waals surface area contributed by atoms with Crippen LogP contribution in [0.1, 0.15) is 19.4 Å². The maximum Gasteiger partial charge on any atom is 0.416 e. The predicted octanol–water partition coefficient (Wildman–Crippen LogP) is 2.10. The Labute approximate surface area is 121 Å². The summed E-state index contributed by atoms with van der Waals surface area (Å²) in [7, 11) is 3.00. The highest BCUT2D eigenvalue weighted by molar-refractivity contribution is 5.81. The Hall–Kier alpha value is -1.99. The number of pyridine rings is 1. The Morgan fingerprint density at radius 1 is 1.38 bits per heavy atom. The van der Waals surface area contributed by atoms with E-state index < -0.39 is 11.7 Å². The van der Waals surface area contributed by atoms with E-state index in [1.54, 1.807) is 13.8 Å². The summed E-state index contributed by atoms with van der Waals surface area (Å²) in [5.41, 5.74) is -0.812. The number of alkyl halides is 3. The highest BCUT2D eigenvalue weighted by Gasteiger charge is 2.32. The molecular weight excluding hydrogens is 285 g/mol. The molecule has 1 aromatic rings. The van der Waals surface area contributed by atoms with Gasteiger partial charge in [-0.2, -0.15) is 13.2 Å². The van der Waals surface area contributed by atoms with Crippen LogP contribution in [-0.2, 0) is 11.0 Å². The lowest BCUT2D eigenvalue weighted by molar-refractivity contribution is -0.137. The number of aromatic nitrogens is 1. The molecule has 0 radical (unpaired) electrons. The highest BCUT2D eigenvalue weighted by atomic mass is 19.4. The van der Waals surface area contributed by atoms with E-state index >= 15 is 0 Å². The second-order valence-corrected chi connectivity index (χ2v) is 4.93. The summed E-state index contributed by atoms with van der Waals surface area (Å²) in [4.78, 5) is 17.1. The molecule has 1 amide bonds. The predicted molar refractivity (Wildman–Crippen MR) is 75.3 cm³/mol. The van der Waals surface area contributed by atoms with Crippen LogP contribution >= 0.6 is 0 Å². The van der Waals surface area contributed by atoms with E-state index in [1.165, 1.54) is 19.0 Å². The van der Waals surface area contributed by atoms with E-state index in [2.05, 4.69) is 15.6 Å². The van der Waals surface area contributed by atoms with Crippen molar-refractivity contribution in [1.82, 2.24) is 10.3 Å². The van der Waals surface area contributed by atoms with Crippen molar-refractivity contribution in [3.63, 3.8) is 0 Å². The fraction of sp³-hybridized carbons (Fsp3) is 0.538. The first-order valence-corrected chi connectivity index (χ1v) is 6.41. The van der Waals surface area contributed by atoms with Gasteiger partial charge in [-0.1, -0.05) is 0 Å². The van der Waals surface area contributed by atoms with Gasteiger partial charge < -0.3 is 15.5 Å². The number of rotatable bonds is 5. The Morgan fingerprint density at radius 3 is 2.48 bits per heavy atom. The molecule has 0 unspecified atom stereocenters. The summed E-state index contributed by atoms with van der Waals surface area (Å²) in [6.07, 6.45) is -4.47. The van der Waals surface area contributed by atoms with E-state index in [0.717, 1.165) is 12.1 Å². The number of carbonyl (C=O) groups is 1. The van der Waals surface area contributed by atoms with Crippen molar-refractivity contribution >= 4 is 17.5 Å². The molecule has 21 heavy (non-hydrogen) atoms. The second kappa shape index (κ2) is 6.64. The Bertz CT molecular complexity index is 503. The van der Waals surface area contributed by atoms with Crippen molar-refractivity contribution < 1.29 is 18.0 Å². The van der Waals surface area contributed by atoms with Crippen LogP contribution in [0, 0.1) is 0 Å². The average Bonchev–Trinajstić information content (AvgIpc) is 2.35. The van der Waals surface area contributed by atoms with Crippen LogP contribution in [0.25, 0.3) is 0 Å². The number of hydrogen-bond acceptors (Lipinski definition) is 4. The third kappa shape index (κ3) is 5.13. The lowest BCUT2D eigenvalue weighted by atomic mass is 10.2. The van der Waals surface area contributed by atoms with Crippen molar-refractivity contribution in [2.75, 3.05) is 30.9 Å². The molecule has 0 fully saturated rings. The van der Waals surface area contributed by atoms with Gasteiger partial charge >= 0.3 is 6.18 Å². The van der Waals surface area contributed by atoms with E-state index in [0.29, 0.717) is 0 Å². The van der Waals surface area contributed by atoms with Crippen LogP contribution in [0.3, 0.4) is 0 Å². The summed E-state index contributed by atoms with van der Waals surface area (Å²) in [5.74, 6) is -0.109. The molecule has 1 rings (SSSR count). The Kier molecular flexibility index (Phi) is 5.40. The molecule has 0 spiro atoms. The molecule has 0 aliphatic heterocycles. The summed E-state index contributed by atoms with van der Waals surface area (Å²) in [5, 5.41) is 5.25. The van der Waals surface area contributed by atoms with Gasteiger partial charge in [0.25, 0.3) is 0 Å². The van der Waals surface area contributed by atoms with Gasteiger partial charge in [0.15, 0.2) is 0 Å². The van der Waals surface area contributed by atoms with Crippen molar-refractivity contribution in [2.24, 2.45) is 0 Å². The summed E-state index contributed by atoms with van der Waals surface area (Å²) >= 11 is 0. The Morgan fingerprint density at radius 2 is 2.00 bits per heavy atom. The molecule has 2 N–H and O–H groups in total. The summed E-state index contributed by atoms with van der Waals surface area (Å²) in [6, 6.07) is 1.81. The first-order chi connectivity index (χ1) is 9.63. The molecule has 1 heterocycles. The maximum absolute atomic E-state index is 12.8. The van der Waals surface area contributed by atoms with Gasteiger partial charge in [0, 0.05) is 20.1 Å². The van der Waals surface area contributed by atoms with Crippen LogP contribution in [0.2, 0.25) is 0 Å². The first kappa shape index (κ1) is 17.1. The van der Waals surface area contributed by atoms with E-state index in [4.69, 9.17) is 0 Å². The molecule has 0 saturated heterocycles. The molecule has 0 atom stereocenters. The fourth-order valence-electron chi connectivity index (χ4n) is 1.67. The number of nitrogens with zero attached hydrogens (tertiary/aromatic N) is 2. The van der Waals surface area contributed by atoms with E-state index in [-0.39, 0.29) is 30.1 Å². The zero-order valence-electron chi connectivity index (χ0n) is 12.4. The molecule has 5 nitrogen and oxygen atoms in total. The lowest BCUT2D eigenvalue weighted by Crippen LogP contribution is -2.39. The Balaban J connectivity index is 2.98. The van der Waals surface area contributed by atoms with Crippen molar-refractivity contribution in [3.05, 3.63) is 17.7 Å². The molecule has 0 saturated carbocycles. The first-order valence-electron chi connectivity index (χ1n) is 6.41. The molecule has 0 bridgehead atoms. The van der Waals surface area contributed by atoms with E-state index in [1.807, 2.05) is 0 Å². The van der Waals surface area contributed by atoms with Gasteiger partial charge in [0.2, 0.25) is 5.91 Å². The van der Waals surface area contributed by atoms with Gasteiger partial charge in [0.1, 0.15) is 11.6 Å². The van der Waals surface area contributed by atoms with Crippen LogP contribution in [0.5, 0.6) is 0 Å². The SMILES string of the molecule is CNc1cc(C(F)(F)F)cc(N(C)CC(=O)NC(C)C)n1. The number of anilines is 2. The average molecular weight is 304 g/mol. The zero-order chi connectivity index (χ0) is 16.2. The maximum atomic E-state index is 12.8. The van der Waals surface area contributed by atoms with Crippen molar-refractivity contribution in [1.29, 1.82) is 0 Å². The summed E-state index contributed by atoms with van der Waals surface area (Å²) < 4.78 is 38.5. The zero-order valence-corrected chi connectivity index (χ0v) is 12.4. The topological polar surface area (TPSA) is 57.3 Å². The molecule has 0 aliphatic carbocycles. The van der Waals surface area contributed by atoms with Gasteiger partial charge in [-0.15, -0.1) is 0 Å². The monoisotopic (exact) mass is 304 g/mol. The molecule has 1 aromatic heterocycles. The minimum absolute atomic E-state index is 0.0340. The number of likely N-dealkylation sites (N-methyl/N-ethyl adjacent to an activating group) is 1. The largest absolute Gasteiger partial charge is 0.416 e. The summed E-state index contributed by atoms with van der Waals surface area (Å²) in [6.45, 7) is 3.54. The van der Waals surface area contributed by atoms with Gasteiger partial charge in [0.05, 0.1) is 12.1 Å². The molecule has 118 valence electrons. The number of hydrogen-bond donors (Lipinski definition) is 2. The van der Waals surface area contributed by atoms with Crippen LogP contribution in [0.15, 0.2) is 12.1 Å². The number of halogens is 3. The van der Waals surface area contributed by atoms with Gasteiger partial charge in [-0.05, 0) is 26.0 Å². The van der Waals surface area contributed by atoms with Crippen molar-refractivity contribution in [3.8, 4) is 0 Å². The number of amides is 1. The van der Waals surface area contributed by atoms with Crippen LogP contribution in [-0.4, -0.2) is 37.6 Å². The lowest BCUT2D eigenvalue weighted by Gasteiger charge is -2.20.